The molecule has 9 heteroatoms. The minimum Gasteiger partial charge on any atom is -0.497 e. The number of fused-ring (bicyclic) bond motifs is 3. The summed E-state index contributed by atoms with van der Waals surface area (Å²) >= 11 is 0. The van der Waals surface area contributed by atoms with Crippen LogP contribution in [-0.4, -0.2) is 69.3 Å². The number of ether oxygens (including phenoxy) is 1. The van der Waals surface area contributed by atoms with Gasteiger partial charge in [0.05, 0.1) is 19.0 Å². The summed E-state index contributed by atoms with van der Waals surface area (Å²) in [5, 5.41) is 5.12. The van der Waals surface area contributed by atoms with Gasteiger partial charge in [0.1, 0.15) is 5.75 Å². The first-order chi connectivity index (χ1) is 15.6. The van der Waals surface area contributed by atoms with Crippen LogP contribution in [0.1, 0.15) is 17.5 Å². The first kappa shape index (κ1) is 20.6. The summed E-state index contributed by atoms with van der Waals surface area (Å²) in [6.45, 7) is 5.57. The third-order valence-electron chi connectivity index (χ3n) is 6.15. The van der Waals surface area contributed by atoms with Gasteiger partial charge < -0.3 is 9.64 Å². The fourth-order valence-electron chi connectivity index (χ4n) is 4.36. The number of benzene rings is 1. The molecular weight excluding hydrogens is 406 g/mol. The maximum Gasteiger partial charge on any atom is 0.425 e. The summed E-state index contributed by atoms with van der Waals surface area (Å²) < 4.78 is 8.34. The molecule has 1 aromatic carbocycles. The van der Waals surface area contributed by atoms with Gasteiger partial charge in [-0.05, 0) is 60.4 Å². The van der Waals surface area contributed by atoms with Crippen molar-refractivity contribution in [3.63, 3.8) is 0 Å². The number of rotatable bonds is 5. The molecule has 166 valence electrons. The number of hydrogen-bond donors (Lipinski definition) is 0. The van der Waals surface area contributed by atoms with Crippen LogP contribution in [0.4, 0.5) is 0 Å². The van der Waals surface area contributed by atoms with E-state index in [-0.39, 0.29) is 5.69 Å². The summed E-state index contributed by atoms with van der Waals surface area (Å²) in [4.78, 5) is 25.9. The average Bonchev–Trinajstić information content (AvgIpc) is 3.22. The molecule has 0 atom stereocenters. The Labute approximate surface area is 185 Å². The second-order valence-corrected chi connectivity index (χ2v) is 8.41. The zero-order valence-electron chi connectivity index (χ0n) is 18.5. The molecule has 1 saturated heterocycles. The Balaban J connectivity index is 1.53. The van der Waals surface area contributed by atoms with E-state index < -0.39 is 0 Å². The molecule has 0 amide bonds. The van der Waals surface area contributed by atoms with Gasteiger partial charge in [0.2, 0.25) is 0 Å². The van der Waals surface area contributed by atoms with E-state index in [9.17, 15) is 4.79 Å². The molecule has 4 aromatic rings. The highest BCUT2D eigenvalue weighted by Gasteiger charge is 2.20. The lowest BCUT2D eigenvalue weighted by Gasteiger charge is -2.20. The molecule has 1 aliphatic rings. The second-order valence-electron chi connectivity index (χ2n) is 8.41. The van der Waals surface area contributed by atoms with Crippen molar-refractivity contribution in [1.82, 2.24) is 29.0 Å². The van der Waals surface area contributed by atoms with Gasteiger partial charge in [-0.25, -0.2) is 14.8 Å². The minimum absolute atomic E-state index is 0.222. The van der Waals surface area contributed by atoms with Crippen molar-refractivity contribution in [1.29, 1.82) is 0 Å². The monoisotopic (exact) mass is 434 g/mol. The molecule has 1 fully saturated rings. The first-order valence-corrected chi connectivity index (χ1v) is 10.9. The van der Waals surface area contributed by atoms with Gasteiger partial charge in [-0.3, -0.25) is 9.47 Å². The molecule has 5 rings (SSSR count). The highest BCUT2D eigenvalue weighted by molar-refractivity contribution is 5.87. The summed E-state index contributed by atoms with van der Waals surface area (Å²) in [6.07, 6.45) is 4.61. The molecule has 0 radical (unpaired) electrons. The number of nitrogens with zero attached hydrogens (tertiary/aromatic N) is 6. The van der Waals surface area contributed by atoms with Crippen LogP contribution < -0.4 is 15.4 Å². The molecule has 3 aromatic heterocycles. The van der Waals surface area contributed by atoms with Gasteiger partial charge in [0.25, 0.3) is 12.0 Å². The third kappa shape index (κ3) is 3.96. The molecule has 0 bridgehead atoms. The Morgan fingerprint density at radius 2 is 1.91 bits per heavy atom. The standard InChI is InChI=1S/C23H27N7O2/c1-27-8-3-9-28(11-10-27)14-18-12-20-21(24-13-18)29(23(31)30-22(20)25-16-26-30)15-17-4-6-19(32-2)7-5-17/h4-7,12-13,16H,3,8-11,14-15H2,1-2H3/p+1. The van der Waals surface area contributed by atoms with Gasteiger partial charge in [0, 0.05) is 30.9 Å². The predicted octanol–water partition coefficient (Wildman–Crippen LogP) is 1.05. The Morgan fingerprint density at radius 3 is 2.72 bits per heavy atom. The van der Waals surface area contributed by atoms with E-state index in [0.717, 1.165) is 55.0 Å². The van der Waals surface area contributed by atoms with E-state index in [2.05, 4.69) is 33.0 Å². The van der Waals surface area contributed by atoms with E-state index in [0.29, 0.717) is 17.8 Å². The van der Waals surface area contributed by atoms with Crippen molar-refractivity contribution in [2.45, 2.75) is 19.5 Å². The normalized spacial score (nSPS) is 15.9. The van der Waals surface area contributed by atoms with Gasteiger partial charge in [-0.15, -0.1) is 0 Å². The van der Waals surface area contributed by atoms with Crippen LogP contribution in [0.3, 0.4) is 0 Å². The summed E-state index contributed by atoms with van der Waals surface area (Å²) in [5.41, 5.74) is 3.22. The molecule has 9 nitrogen and oxygen atoms in total. The minimum atomic E-state index is -0.222. The SMILES string of the molecule is COc1ccc(Cn2c(=O)n3nc[nH+]c3c3cc(CN4CCCN(C)CC4)cnc32)cc1. The molecule has 0 saturated carbocycles. The molecule has 1 N–H and O–H groups in total. The highest BCUT2D eigenvalue weighted by atomic mass is 16.5. The third-order valence-corrected chi connectivity index (χ3v) is 6.15. The molecule has 0 unspecified atom stereocenters. The fraction of sp³-hybridized carbons (Fsp3) is 0.391. The average molecular weight is 435 g/mol. The lowest BCUT2D eigenvalue weighted by atomic mass is 10.2. The van der Waals surface area contributed by atoms with E-state index in [4.69, 9.17) is 9.72 Å². The Morgan fingerprint density at radius 1 is 1.06 bits per heavy atom. The van der Waals surface area contributed by atoms with Crippen LogP contribution in [0.5, 0.6) is 5.75 Å². The van der Waals surface area contributed by atoms with Crippen molar-refractivity contribution in [3.05, 3.63) is 64.5 Å². The van der Waals surface area contributed by atoms with E-state index in [1.165, 1.54) is 10.9 Å². The Bertz CT molecular complexity index is 1300. The highest BCUT2D eigenvalue weighted by Crippen LogP contribution is 2.19. The molecule has 4 heterocycles. The first-order valence-electron chi connectivity index (χ1n) is 10.9. The largest absolute Gasteiger partial charge is 0.497 e. The number of aromatic nitrogens is 5. The number of hydrogen-bond acceptors (Lipinski definition) is 6. The van der Waals surface area contributed by atoms with E-state index in [1.807, 2.05) is 30.5 Å². The van der Waals surface area contributed by atoms with Crippen LogP contribution >= 0.6 is 0 Å². The van der Waals surface area contributed by atoms with Crippen molar-refractivity contribution < 1.29 is 9.72 Å². The van der Waals surface area contributed by atoms with Crippen molar-refractivity contribution in [2.24, 2.45) is 0 Å². The summed E-state index contributed by atoms with van der Waals surface area (Å²) in [6, 6.07) is 9.84. The van der Waals surface area contributed by atoms with Gasteiger partial charge in [-0.2, -0.15) is 0 Å². The van der Waals surface area contributed by atoms with Crippen LogP contribution in [0.2, 0.25) is 0 Å². The number of likely N-dealkylation sites (N-methyl/N-ethyl adjacent to an activating group) is 1. The Kier molecular flexibility index (Phi) is 5.59. The lowest BCUT2D eigenvalue weighted by molar-refractivity contribution is -0.345. The number of methoxy groups -OCH3 is 1. The van der Waals surface area contributed by atoms with Crippen molar-refractivity contribution >= 4 is 16.7 Å². The van der Waals surface area contributed by atoms with Crippen LogP contribution in [0.15, 0.2) is 47.7 Å². The fourth-order valence-corrected chi connectivity index (χ4v) is 4.36. The number of H-pyrrole nitrogens is 1. The maximum absolute atomic E-state index is 13.2. The second kappa shape index (κ2) is 8.68. The molecule has 0 aliphatic carbocycles. The van der Waals surface area contributed by atoms with Crippen LogP contribution in [0, 0.1) is 0 Å². The van der Waals surface area contributed by atoms with Crippen molar-refractivity contribution in [3.8, 4) is 5.75 Å². The topological polar surface area (TPSA) is 82.0 Å². The zero-order valence-corrected chi connectivity index (χ0v) is 18.5. The molecule has 1 aliphatic heterocycles. The van der Waals surface area contributed by atoms with Crippen LogP contribution in [-0.2, 0) is 13.1 Å². The maximum atomic E-state index is 13.2. The van der Waals surface area contributed by atoms with Crippen LogP contribution in [0.25, 0.3) is 16.7 Å². The van der Waals surface area contributed by atoms with Gasteiger partial charge in [0.15, 0.2) is 5.65 Å². The zero-order chi connectivity index (χ0) is 22.1. The lowest BCUT2D eigenvalue weighted by Crippen LogP contribution is -2.30. The molecule has 0 spiro atoms. The Hall–Kier alpha value is -3.30. The van der Waals surface area contributed by atoms with Gasteiger partial charge in [-0.1, -0.05) is 12.1 Å². The molecule has 32 heavy (non-hydrogen) atoms. The van der Waals surface area contributed by atoms with E-state index >= 15 is 0 Å². The van der Waals surface area contributed by atoms with Gasteiger partial charge >= 0.3 is 5.69 Å². The van der Waals surface area contributed by atoms with E-state index in [1.54, 1.807) is 18.0 Å². The smallest absolute Gasteiger partial charge is 0.425 e. The number of nitrogens with one attached hydrogen (secondary N) is 1. The van der Waals surface area contributed by atoms with Crippen molar-refractivity contribution in [2.75, 3.05) is 40.3 Å². The summed E-state index contributed by atoms with van der Waals surface area (Å²) in [7, 11) is 3.82. The number of aromatic amines is 1. The summed E-state index contributed by atoms with van der Waals surface area (Å²) in [5.74, 6) is 0.783. The predicted molar refractivity (Wildman–Crippen MR) is 121 cm³/mol. The molecular formula is C23H28N7O2+. The number of pyridine rings is 1. The quantitative estimate of drug-likeness (QED) is 0.467.